The molecule has 0 aliphatic carbocycles. The summed E-state index contributed by atoms with van der Waals surface area (Å²) in [7, 11) is 0. The molecule has 1 amide bonds. The van der Waals surface area contributed by atoms with Crippen LogP contribution in [-0.2, 0) is 9.59 Å². The van der Waals surface area contributed by atoms with E-state index in [4.69, 9.17) is 16.4 Å². The fourth-order valence-corrected chi connectivity index (χ4v) is 1.09. The highest BCUT2D eigenvalue weighted by Gasteiger charge is 2.18. The Labute approximate surface area is 92.4 Å². The number of nitrogens with zero attached hydrogens (tertiary/aromatic N) is 3. The van der Waals surface area contributed by atoms with Gasteiger partial charge in [0.1, 0.15) is 12.6 Å². The lowest BCUT2D eigenvalue weighted by molar-refractivity contribution is -0.141. The molecule has 90 valence electrons. The van der Waals surface area contributed by atoms with E-state index in [1.54, 1.807) is 0 Å². The number of carbonyl (C=O) groups excluding carboxylic acids is 1. The van der Waals surface area contributed by atoms with E-state index in [0.29, 0.717) is 25.8 Å². The molecule has 0 saturated heterocycles. The number of carbonyl (C=O) groups is 2. The summed E-state index contributed by atoms with van der Waals surface area (Å²) < 4.78 is 0. The topological polar surface area (TPSA) is 141 Å². The van der Waals surface area contributed by atoms with Crippen LogP contribution in [0.2, 0.25) is 0 Å². The van der Waals surface area contributed by atoms with Crippen LogP contribution in [0.15, 0.2) is 5.11 Å². The minimum Gasteiger partial charge on any atom is -0.480 e. The Bertz CT molecular complexity index is 287. The van der Waals surface area contributed by atoms with Gasteiger partial charge in [-0.15, -0.1) is 0 Å². The molecule has 0 aliphatic rings. The minimum atomic E-state index is -1.11. The first kappa shape index (κ1) is 14.2. The zero-order valence-corrected chi connectivity index (χ0v) is 8.80. The number of aliphatic carboxylic acids is 1. The van der Waals surface area contributed by atoms with Crippen LogP contribution in [0.4, 0.5) is 0 Å². The summed E-state index contributed by atoms with van der Waals surface area (Å²) in [4.78, 5) is 24.2. The van der Waals surface area contributed by atoms with Crippen molar-refractivity contribution in [3.8, 4) is 0 Å². The number of nitrogens with two attached hydrogens (primary N) is 1. The lowest BCUT2D eigenvalue weighted by atomic mass is 10.1. The zero-order chi connectivity index (χ0) is 12.4. The molecule has 0 rings (SSSR count). The number of carboxylic acids is 1. The summed E-state index contributed by atoms with van der Waals surface area (Å²) >= 11 is 0. The number of unbranched alkanes of at least 4 members (excludes halogenated alkanes) is 1. The van der Waals surface area contributed by atoms with Gasteiger partial charge in [0.2, 0.25) is 5.91 Å². The maximum Gasteiger partial charge on any atom is 0.326 e. The van der Waals surface area contributed by atoms with Crippen LogP contribution in [0.5, 0.6) is 0 Å². The number of hydrogen-bond acceptors (Lipinski definition) is 4. The molecule has 4 N–H and O–H groups in total. The predicted octanol–water partition coefficient (Wildman–Crippen LogP) is -0.00490. The van der Waals surface area contributed by atoms with Gasteiger partial charge in [0, 0.05) is 4.91 Å². The van der Waals surface area contributed by atoms with Crippen LogP contribution in [0.3, 0.4) is 0 Å². The summed E-state index contributed by atoms with van der Waals surface area (Å²) in [6, 6.07) is -0.951. The Balaban J connectivity index is 4.06. The van der Waals surface area contributed by atoms with Gasteiger partial charge in [-0.1, -0.05) is 5.11 Å². The van der Waals surface area contributed by atoms with Crippen molar-refractivity contribution >= 4 is 11.9 Å². The summed E-state index contributed by atoms with van der Waals surface area (Å²) in [6.45, 7) is 0.0934. The third kappa shape index (κ3) is 6.63. The Kier molecular flexibility index (Phi) is 7.56. The Morgan fingerprint density at radius 1 is 1.50 bits per heavy atom. The lowest BCUT2D eigenvalue weighted by Crippen LogP contribution is -2.41. The SMILES string of the molecule is [N-]=[N+]=NCC(=O)N[C@@H](CCCCN)C(=O)O. The molecule has 16 heavy (non-hydrogen) atoms. The van der Waals surface area contributed by atoms with Gasteiger partial charge < -0.3 is 16.2 Å². The predicted molar refractivity (Wildman–Crippen MR) is 56.5 cm³/mol. The highest BCUT2D eigenvalue weighted by atomic mass is 16.4. The number of nitrogens with one attached hydrogen (secondary N) is 1. The van der Waals surface area contributed by atoms with Gasteiger partial charge in [0.15, 0.2) is 0 Å². The number of rotatable bonds is 8. The van der Waals surface area contributed by atoms with Gasteiger partial charge >= 0.3 is 5.97 Å². The molecule has 0 radical (unpaired) electrons. The molecule has 0 fully saturated rings. The molecule has 0 unspecified atom stereocenters. The van der Waals surface area contributed by atoms with Crippen LogP contribution in [-0.4, -0.2) is 36.1 Å². The van der Waals surface area contributed by atoms with E-state index >= 15 is 0 Å². The molecule has 0 heterocycles. The van der Waals surface area contributed by atoms with Crippen molar-refractivity contribution in [1.82, 2.24) is 5.32 Å². The maximum absolute atomic E-state index is 11.1. The average Bonchev–Trinajstić information content (AvgIpc) is 2.25. The number of amides is 1. The molecule has 0 aromatic heterocycles. The average molecular weight is 229 g/mol. The zero-order valence-electron chi connectivity index (χ0n) is 8.80. The second-order valence-corrected chi connectivity index (χ2v) is 3.13. The third-order valence-electron chi connectivity index (χ3n) is 1.86. The van der Waals surface area contributed by atoms with Crippen molar-refractivity contribution in [1.29, 1.82) is 0 Å². The van der Waals surface area contributed by atoms with Crippen LogP contribution in [0.1, 0.15) is 19.3 Å². The Morgan fingerprint density at radius 2 is 2.19 bits per heavy atom. The standard InChI is InChI=1S/C8H15N5O3/c9-4-2-1-3-6(8(15)16)12-7(14)5-11-13-10/h6H,1-5,9H2,(H,12,14)(H,15,16)/t6-/m0/s1. The van der Waals surface area contributed by atoms with Crippen LogP contribution < -0.4 is 11.1 Å². The van der Waals surface area contributed by atoms with E-state index in [-0.39, 0.29) is 0 Å². The number of carboxylic acid groups (broad SMARTS) is 1. The van der Waals surface area contributed by atoms with E-state index in [1.807, 2.05) is 0 Å². The second kappa shape index (κ2) is 8.51. The van der Waals surface area contributed by atoms with E-state index in [1.165, 1.54) is 0 Å². The summed E-state index contributed by atoms with van der Waals surface area (Å²) in [5, 5.41) is 14.1. The first-order valence-electron chi connectivity index (χ1n) is 4.85. The van der Waals surface area contributed by atoms with Gasteiger partial charge in [-0.25, -0.2) is 4.79 Å². The summed E-state index contributed by atoms with van der Waals surface area (Å²) in [5.74, 6) is -1.70. The van der Waals surface area contributed by atoms with Crippen molar-refractivity contribution in [2.45, 2.75) is 25.3 Å². The molecule has 0 saturated carbocycles. The second-order valence-electron chi connectivity index (χ2n) is 3.13. The molecule has 0 aliphatic heterocycles. The highest BCUT2D eigenvalue weighted by Crippen LogP contribution is 2.00. The van der Waals surface area contributed by atoms with Crippen molar-refractivity contribution in [3.63, 3.8) is 0 Å². The molecule has 0 aromatic carbocycles. The normalized spacial score (nSPS) is 11.3. The third-order valence-corrected chi connectivity index (χ3v) is 1.86. The van der Waals surface area contributed by atoms with Crippen molar-refractivity contribution in [2.75, 3.05) is 13.1 Å². The fraction of sp³-hybridized carbons (Fsp3) is 0.750. The first-order valence-corrected chi connectivity index (χ1v) is 4.85. The fourth-order valence-electron chi connectivity index (χ4n) is 1.09. The molecule has 0 bridgehead atoms. The van der Waals surface area contributed by atoms with Gasteiger partial charge in [0.05, 0.1) is 0 Å². The lowest BCUT2D eigenvalue weighted by Gasteiger charge is -2.13. The van der Waals surface area contributed by atoms with Crippen LogP contribution in [0.25, 0.3) is 10.4 Å². The van der Waals surface area contributed by atoms with E-state index in [9.17, 15) is 9.59 Å². The quantitative estimate of drug-likeness (QED) is 0.233. The maximum atomic E-state index is 11.1. The molecular weight excluding hydrogens is 214 g/mol. The van der Waals surface area contributed by atoms with Crippen molar-refractivity contribution < 1.29 is 14.7 Å². The molecule has 0 aromatic rings. The van der Waals surface area contributed by atoms with Gasteiger partial charge in [-0.3, -0.25) is 4.79 Å². The minimum absolute atomic E-state index is 0.314. The van der Waals surface area contributed by atoms with Crippen molar-refractivity contribution in [3.05, 3.63) is 10.4 Å². The van der Waals surface area contributed by atoms with E-state index in [2.05, 4.69) is 15.3 Å². The summed E-state index contributed by atoms with van der Waals surface area (Å²) in [6.07, 6.45) is 1.64. The van der Waals surface area contributed by atoms with E-state index in [0.717, 1.165) is 0 Å². The van der Waals surface area contributed by atoms with Gasteiger partial charge in [-0.05, 0) is 31.3 Å². The molecule has 0 spiro atoms. The van der Waals surface area contributed by atoms with Gasteiger partial charge in [0.25, 0.3) is 0 Å². The van der Waals surface area contributed by atoms with Gasteiger partial charge in [-0.2, -0.15) is 0 Å². The Morgan fingerprint density at radius 3 is 2.69 bits per heavy atom. The molecule has 8 heteroatoms. The first-order chi connectivity index (χ1) is 7.61. The van der Waals surface area contributed by atoms with Crippen molar-refractivity contribution in [2.24, 2.45) is 10.8 Å². The number of azide groups is 1. The number of hydrogen-bond donors (Lipinski definition) is 3. The van der Waals surface area contributed by atoms with Crippen LogP contribution in [0, 0.1) is 0 Å². The van der Waals surface area contributed by atoms with Crippen LogP contribution >= 0.6 is 0 Å². The Hall–Kier alpha value is -1.79. The van der Waals surface area contributed by atoms with E-state index < -0.39 is 24.5 Å². The largest absolute Gasteiger partial charge is 0.480 e. The molecule has 8 nitrogen and oxygen atoms in total. The monoisotopic (exact) mass is 229 g/mol. The molecular formula is C8H15N5O3. The summed E-state index contributed by atoms with van der Waals surface area (Å²) in [5.41, 5.74) is 13.2. The smallest absolute Gasteiger partial charge is 0.326 e. The highest BCUT2D eigenvalue weighted by molar-refractivity contribution is 5.84. The molecule has 1 atom stereocenters.